The molecule has 164 valence electrons. The normalized spacial score (nSPS) is 16.5. The lowest BCUT2D eigenvalue weighted by atomic mass is 9.97. The van der Waals surface area contributed by atoms with Gasteiger partial charge in [-0.1, -0.05) is 13.0 Å². The number of piperidine rings is 1. The maximum Gasteiger partial charge on any atom is 0.287 e. The van der Waals surface area contributed by atoms with Crippen LogP contribution < -0.4 is 10.7 Å². The molecule has 0 saturated carbocycles. The Morgan fingerprint density at radius 3 is 2.55 bits per heavy atom. The summed E-state index contributed by atoms with van der Waals surface area (Å²) in [4.78, 5) is 27.8. The summed E-state index contributed by atoms with van der Waals surface area (Å²) < 4.78 is 11.8. The Hall–Kier alpha value is -2.86. The van der Waals surface area contributed by atoms with E-state index in [1.54, 1.807) is 6.07 Å². The van der Waals surface area contributed by atoms with Crippen LogP contribution in [0.1, 0.15) is 59.0 Å². The molecule has 1 N–H and O–H groups in total. The third kappa shape index (κ3) is 4.44. The number of carbonyl (C=O) groups excluding carboxylic acids is 1. The van der Waals surface area contributed by atoms with Gasteiger partial charge in [0.05, 0.1) is 11.4 Å². The minimum absolute atomic E-state index is 0.0350. The molecule has 0 aliphatic carbocycles. The quantitative estimate of drug-likeness (QED) is 0.655. The van der Waals surface area contributed by atoms with E-state index in [1.807, 2.05) is 39.0 Å². The van der Waals surface area contributed by atoms with Crippen LogP contribution in [0, 0.1) is 26.7 Å². The molecule has 1 unspecified atom stereocenters. The monoisotopic (exact) mass is 422 g/mol. The predicted octanol–water partition coefficient (Wildman–Crippen LogP) is 4.51. The van der Waals surface area contributed by atoms with E-state index in [4.69, 9.17) is 8.83 Å². The molecule has 1 aliphatic rings. The summed E-state index contributed by atoms with van der Waals surface area (Å²) in [5.41, 5.74) is 2.15. The topological polar surface area (TPSA) is 75.7 Å². The van der Waals surface area contributed by atoms with E-state index in [1.165, 1.54) is 6.07 Å². The number of carbonyl (C=O) groups is 1. The summed E-state index contributed by atoms with van der Waals surface area (Å²) in [6.07, 6.45) is 2.25. The second kappa shape index (κ2) is 8.71. The molecule has 1 amide bonds. The maximum absolute atomic E-state index is 12.9. The van der Waals surface area contributed by atoms with Crippen molar-refractivity contribution >= 4 is 16.9 Å². The van der Waals surface area contributed by atoms with Crippen LogP contribution in [0.15, 0.2) is 44.0 Å². The smallest absolute Gasteiger partial charge is 0.287 e. The molecule has 1 fully saturated rings. The van der Waals surface area contributed by atoms with E-state index in [2.05, 4.69) is 17.1 Å². The number of furan rings is 1. The van der Waals surface area contributed by atoms with Crippen LogP contribution in [0.5, 0.6) is 0 Å². The Labute approximate surface area is 182 Å². The second-order valence-electron chi connectivity index (χ2n) is 8.75. The number of benzene rings is 1. The molecule has 0 radical (unpaired) electrons. The number of amides is 1. The highest BCUT2D eigenvalue weighted by Crippen LogP contribution is 2.28. The minimum Gasteiger partial charge on any atom is -0.465 e. The molecule has 1 aromatic carbocycles. The lowest BCUT2D eigenvalue weighted by molar-refractivity contribution is 0.0870. The van der Waals surface area contributed by atoms with Crippen molar-refractivity contribution in [1.82, 2.24) is 10.2 Å². The first-order valence-corrected chi connectivity index (χ1v) is 11.0. The van der Waals surface area contributed by atoms with Gasteiger partial charge in [-0.25, -0.2) is 0 Å². The second-order valence-corrected chi connectivity index (χ2v) is 8.75. The van der Waals surface area contributed by atoms with Crippen LogP contribution in [0.3, 0.4) is 0 Å². The van der Waals surface area contributed by atoms with Crippen molar-refractivity contribution in [3.05, 3.63) is 69.0 Å². The Morgan fingerprint density at radius 2 is 1.87 bits per heavy atom. The first-order valence-electron chi connectivity index (χ1n) is 11.0. The molecule has 3 aromatic rings. The zero-order valence-corrected chi connectivity index (χ0v) is 18.7. The SMILES string of the molecule is Cc1ccc(C(CNC(=O)c2cc(=O)c3ccc(C)c(C)c3o2)N2CCC(C)CC2)o1. The predicted molar refractivity (Wildman–Crippen MR) is 120 cm³/mol. The molecule has 6 nitrogen and oxygen atoms in total. The largest absolute Gasteiger partial charge is 0.465 e. The molecule has 1 aliphatic heterocycles. The highest BCUT2D eigenvalue weighted by molar-refractivity contribution is 5.93. The Morgan fingerprint density at radius 1 is 1.13 bits per heavy atom. The van der Waals surface area contributed by atoms with Crippen molar-refractivity contribution in [3.8, 4) is 0 Å². The zero-order valence-electron chi connectivity index (χ0n) is 18.7. The highest BCUT2D eigenvalue weighted by Gasteiger charge is 2.27. The van der Waals surface area contributed by atoms with E-state index in [0.29, 0.717) is 23.4 Å². The Bertz CT molecular complexity index is 1150. The fourth-order valence-corrected chi connectivity index (χ4v) is 4.22. The zero-order chi connectivity index (χ0) is 22.1. The number of aryl methyl sites for hydroxylation is 3. The van der Waals surface area contributed by atoms with Gasteiger partial charge in [0, 0.05) is 12.6 Å². The van der Waals surface area contributed by atoms with Crippen molar-refractivity contribution in [2.45, 2.75) is 46.6 Å². The number of hydrogen-bond acceptors (Lipinski definition) is 5. The molecule has 3 heterocycles. The van der Waals surface area contributed by atoms with Gasteiger partial charge in [-0.3, -0.25) is 14.5 Å². The van der Waals surface area contributed by atoms with Crippen molar-refractivity contribution in [3.63, 3.8) is 0 Å². The molecule has 1 atom stereocenters. The number of likely N-dealkylation sites (tertiary alicyclic amines) is 1. The molecule has 1 saturated heterocycles. The third-order valence-corrected chi connectivity index (χ3v) is 6.44. The first-order chi connectivity index (χ1) is 14.8. The van der Waals surface area contributed by atoms with Crippen molar-refractivity contribution in [2.75, 3.05) is 19.6 Å². The van der Waals surface area contributed by atoms with Crippen molar-refractivity contribution in [2.24, 2.45) is 5.92 Å². The van der Waals surface area contributed by atoms with Gasteiger partial charge in [0.2, 0.25) is 0 Å². The van der Waals surface area contributed by atoms with Gasteiger partial charge < -0.3 is 14.2 Å². The average molecular weight is 423 g/mol. The first kappa shape index (κ1) is 21.4. The summed E-state index contributed by atoms with van der Waals surface area (Å²) in [7, 11) is 0. The lowest BCUT2D eigenvalue weighted by Gasteiger charge is -2.35. The highest BCUT2D eigenvalue weighted by atomic mass is 16.3. The lowest BCUT2D eigenvalue weighted by Crippen LogP contribution is -2.41. The molecular weight excluding hydrogens is 392 g/mol. The van der Waals surface area contributed by atoms with Gasteiger partial charge in [-0.15, -0.1) is 0 Å². The molecular formula is C25H30N2O4. The summed E-state index contributed by atoms with van der Waals surface area (Å²) in [5, 5.41) is 3.46. The molecule has 0 bridgehead atoms. The summed E-state index contributed by atoms with van der Waals surface area (Å²) in [6, 6.07) is 8.79. The van der Waals surface area contributed by atoms with Crippen LogP contribution in [0.4, 0.5) is 0 Å². The molecule has 31 heavy (non-hydrogen) atoms. The fraction of sp³-hybridized carbons (Fsp3) is 0.440. The van der Waals surface area contributed by atoms with E-state index >= 15 is 0 Å². The molecule has 2 aromatic heterocycles. The Kier molecular flexibility index (Phi) is 6.01. The standard InChI is InChI=1S/C25H30N2O4/c1-15-9-11-27(12-10-15)20(22-8-6-17(3)30-22)14-26-25(29)23-13-21(28)19-7-5-16(2)18(4)24(19)31-23/h5-8,13,15,20H,9-12,14H2,1-4H3,(H,26,29). The van der Waals surface area contributed by atoms with Gasteiger partial charge in [0.1, 0.15) is 17.1 Å². The van der Waals surface area contributed by atoms with Crippen LogP contribution in [0.2, 0.25) is 0 Å². The van der Waals surface area contributed by atoms with Crippen LogP contribution in [-0.2, 0) is 0 Å². The van der Waals surface area contributed by atoms with Crippen molar-refractivity contribution < 1.29 is 13.6 Å². The maximum atomic E-state index is 12.9. The Balaban J connectivity index is 1.56. The van der Waals surface area contributed by atoms with E-state index in [9.17, 15) is 9.59 Å². The molecule has 4 rings (SSSR count). The van der Waals surface area contributed by atoms with E-state index in [0.717, 1.165) is 48.6 Å². The van der Waals surface area contributed by atoms with E-state index < -0.39 is 5.91 Å². The van der Waals surface area contributed by atoms with Gasteiger partial charge in [-0.05, 0) is 81.9 Å². The van der Waals surface area contributed by atoms with Crippen molar-refractivity contribution in [1.29, 1.82) is 0 Å². The number of nitrogens with zero attached hydrogens (tertiary/aromatic N) is 1. The number of hydrogen-bond donors (Lipinski definition) is 1. The van der Waals surface area contributed by atoms with Gasteiger partial charge >= 0.3 is 0 Å². The van der Waals surface area contributed by atoms with Gasteiger partial charge in [0.25, 0.3) is 5.91 Å². The number of nitrogens with one attached hydrogen (secondary N) is 1. The van der Waals surface area contributed by atoms with Gasteiger partial charge in [0.15, 0.2) is 11.2 Å². The summed E-state index contributed by atoms with van der Waals surface area (Å²) >= 11 is 0. The van der Waals surface area contributed by atoms with E-state index in [-0.39, 0.29) is 17.2 Å². The summed E-state index contributed by atoms with van der Waals surface area (Å²) in [6.45, 7) is 10.4. The van der Waals surface area contributed by atoms with Crippen LogP contribution in [-0.4, -0.2) is 30.4 Å². The number of fused-ring (bicyclic) bond motifs is 1. The van der Waals surface area contributed by atoms with Gasteiger partial charge in [-0.2, -0.15) is 0 Å². The van der Waals surface area contributed by atoms with Crippen LogP contribution >= 0.6 is 0 Å². The fourth-order valence-electron chi connectivity index (χ4n) is 4.22. The van der Waals surface area contributed by atoms with Crippen LogP contribution in [0.25, 0.3) is 11.0 Å². The molecule has 0 spiro atoms. The average Bonchev–Trinajstić information content (AvgIpc) is 3.18. The number of rotatable bonds is 5. The minimum atomic E-state index is -0.390. The summed E-state index contributed by atoms with van der Waals surface area (Å²) in [5.74, 6) is 2.05. The third-order valence-electron chi connectivity index (χ3n) is 6.44. The molecule has 6 heteroatoms.